The molecule has 0 spiro atoms. The fourth-order valence-electron chi connectivity index (χ4n) is 5.22. The van der Waals surface area contributed by atoms with Gasteiger partial charge in [-0.2, -0.15) is 0 Å². The lowest BCUT2D eigenvalue weighted by Crippen LogP contribution is -2.28. The van der Waals surface area contributed by atoms with Gasteiger partial charge in [0, 0.05) is 40.9 Å². The van der Waals surface area contributed by atoms with Crippen molar-refractivity contribution in [2.24, 2.45) is 11.8 Å². The second kappa shape index (κ2) is 12.3. The maximum absolute atomic E-state index is 6.73. The molecule has 0 bridgehead atoms. The molecule has 0 amide bonds. The van der Waals surface area contributed by atoms with Gasteiger partial charge in [-0.05, 0) is 66.7 Å². The first-order valence-electron chi connectivity index (χ1n) is 13.7. The van der Waals surface area contributed by atoms with Crippen molar-refractivity contribution >= 4 is 28.4 Å². The minimum Gasteiger partial charge on any atom is -0.352 e. The third-order valence-corrected chi connectivity index (χ3v) is 8.32. The van der Waals surface area contributed by atoms with Crippen molar-refractivity contribution in [2.45, 2.75) is 77.8 Å². The molecule has 3 aromatic rings. The molecule has 194 valence electrons. The third kappa shape index (κ3) is 6.00. The summed E-state index contributed by atoms with van der Waals surface area (Å²) in [6.07, 6.45) is 10.3. The molecular weight excluding hydrogens is 462 g/mol. The van der Waals surface area contributed by atoms with Gasteiger partial charge in [0.2, 0.25) is 0 Å². The number of nitrogens with one attached hydrogen (secondary N) is 1. The Morgan fingerprint density at radius 1 is 1.14 bits per heavy atom. The number of benzene rings is 1. The van der Waals surface area contributed by atoms with Crippen LogP contribution in [0.4, 0.5) is 0 Å². The van der Waals surface area contributed by atoms with E-state index in [1.54, 1.807) is 0 Å². The highest BCUT2D eigenvalue weighted by Crippen LogP contribution is 2.42. The normalized spacial score (nSPS) is 17.2. The number of hydrogen-bond donors (Lipinski definition) is 1. The van der Waals surface area contributed by atoms with Crippen molar-refractivity contribution in [3.05, 3.63) is 65.1 Å². The van der Waals surface area contributed by atoms with Crippen LogP contribution in [0.5, 0.6) is 0 Å². The van der Waals surface area contributed by atoms with E-state index in [9.17, 15) is 0 Å². The number of aromatic amines is 1. The van der Waals surface area contributed by atoms with Gasteiger partial charge >= 0.3 is 0 Å². The van der Waals surface area contributed by atoms with Crippen LogP contribution in [0.3, 0.4) is 0 Å². The topological polar surface area (TPSA) is 41.1 Å². The summed E-state index contributed by atoms with van der Waals surface area (Å²) in [5.74, 6) is 2.44. The van der Waals surface area contributed by atoms with E-state index in [1.807, 2.05) is 18.0 Å². The van der Waals surface area contributed by atoms with Crippen LogP contribution in [0.2, 0.25) is 0 Å². The summed E-state index contributed by atoms with van der Waals surface area (Å²) in [5, 5.41) is 1.17. The molecule has 1 N–H and O–H groups in total. The van der Waals surface area contributed by atoms with Crippen LogP contribution < -0.4 is 0 Å². The largest absolute Gasteiger partial charge is 0.352 e. The lowest BCUT2D eigenvalue weighted by Gasteiger charge is -2.34. The van der Waals surface area contributed by atoms with Gasteiger partial charge in [0.25, 0.3) is 0 Å². The predicted octanol–water partition coefficient (Wildman–Crippen LogP) is 8.58. The number of thioether (sulfide) groups is 1. The molecule has 5 heteroatoms. The molecule has 1 aliphatic rings. The molecule has 4 rings (SSSR count). The van der Waals surface area contributed by atoms with E-state index >= 15 is 0 Å². The molecule has 1 aliphatic heterocycles. The minimum absolute atomic E-state index is 0.144. The van der Waals surface area contributed by atoms with Crippen molar-refractivity contribution < 1.29 is 4.74 Å². The molecular formula is C31H43N3OS. The highest BCUT2D eigenvalue weighted by Gasteiger charge is 2.31. The van der Waals surface area contributed by atoms with Crippen molar-refractivity contribution in [1.29, 1.82) is 0 Å². The molecule has 4 nitrogen and oxygen atoms in total. The molecule has 2 aromatic heterocycles. The summed E-state index contributed by atoms with van der Waals surface area (Å²) >= 11 is 1.88. The van der Waals surface area contributed by atoms with Crippen LogP contribution >= 0.6 is 11.8 Å². The van der Waals surface area contributed by atoms with Gasteiger partial charge in [0.15, 0.2) is 6.23 Å². The Balaban J connectivity index is 1.68. The highest BCUT2D eigenvalue weighted by atomic mass is 32.2. The molecule has 3 heterocycles. The van der Waals surface area contributed by atoms with Crippen molar-refractivity contribution in [2.75, 3.05) is 19.4 Å². The smallest absolute Gasteiger partial charge is 0.171 e. The van der Waals surface area contributed by atoms with Gasteiger partial charge in [0.05, 0.1) is 12.3 Å². The van der Waals surface area contributed by atoms with E-state index in [0.29, 0.717) is 5.92 Å². The van der Waals surface area contributed by atoms with Crippen LogP contribution in [-0.2, 0) is 4.74 Å². The summed E-state index contributed by atoms with van der Waals surface area (Å²) in [7, 11) is 2.14. The number of hydrogen-bond acceptors (Lipinski definition) is 4. The first kappa shape index (κ1) is 26.8. The Bertz CT molecular complexity index is 1180. The van der Waals surface area contributed by atoms with Gasteiger partial charge in [-0.3, -0.25) is 0 Å². The second-order valence-electron chi connectivity index (χ2n) is 10.4. The van der Waals surface area contributed by atoms with Crippen LogP contribution in [0, 0.1) is 18.8 Å². The number of rotatable bonds is 12. The van der Waals surface area contributed by atoms with Gasteiger partial charge in [-0.1, -0.05) is 59.1 Å². The van der Waals surface area contributed by atoms with Crippen molar-refractivity contribution in [3.8, 4) is 0 Å². The Hall–Kier alpha value is -2.24. The quantitative estimate of drug-likeness (QED) is 0.250. The number of H-pyrrole nitrogens is 1. The number of fused-ring (bicyclic) bond motifs is 3. The van der Waals surface area contributed by atoms with E-state index in [-0.39, 0.29) is 6.23 Å². The molecule has 1 aromatic carbocycles. The zero-order valence-electron chi connectivity index (χ0n) is 22.9. The Kier molecular flexibility index (Phi) is 9.19. The molecule has 0 saturated heterocycles. The maximum Gasteiger partial charge on any atom is 0.171 e. The predicted molar refractivity (Wildman–Crippen MR) is 154 cm³/mol. The molecule has 3 unspecified atom stereocenters. The number of ether oxygens (including phenoxy) is 1. The summed E-state index contributed by atoms with van der Waals surface area (Å²) in [4.78, 5) is 11.9. The highest BCUT2D eigenvalue weighted by molar-refractivity contribution is 7.99. The number of pyridine rings is 1. The summed E-state index contributed by atoms with van der Waals surface area (Å²) in [6, 6.07) is 11.2. The Morgan fingerprint density at radius 3 is 2.72 bits per heavy atom. The van der Waals surface area contributed by atoms with Crippen LogP contribution in [-0.4, -0.2) is 34.3 Å². The monoisotopic (exact) mass is 505 g/mol. The van der Waals surface area contributed by atoms with Crippen molar-refractivity contribution in [3.63, 3.8) is 0 Å². The van der Waals surface area contributed by atoms with E-state index in [4.69, 9.17) is 9.72 Å². The SMILES string of the molecule is CCCC(CCC(C)CC)COC1c2[nH]c3ncc(C)cc3c2C(c2cccc(SCC)c2)=CN1C. The van der Waals surface area contributed by atoms with Crippen LogP contribution in [0.25, 0.3) is 16.6 Å². The maximum atomic E-state index is 6.73. The van der Waals surface area contributed by atoms with Crippen LogP contribution in [0.15, 0.2) is 47.6 Å². The number of aryl methyl sites for hydroxylation is 1. The molecule has 3 atom stereocenters. The lowest BCUT2D eigenvalue weighted by molar-refractivity contribution is -0.0505. The van der Waals surface area contributed by atoms with Gasteiger partial charge in [-0.15, -0.1) is 11.8 Å². The molecule has 36 heavy (non-hydrogen) atoms. The summed E-state index contributed by atoms with van der Waals surface area (Å²) < 4.78 is 6.73. The minimum atomic E-state index is -0.144. The average molecular weight is 506 g/mol. The molecule has 0 aliphatic carbocycles. The zero-order valence-corrected chi connectivity index (χ0v) is 23.8. The Morgan fingerprint density at radius 2 is 1.97 bits per heavy atom. The first-order valence-corrected chi connectivity index (χ1v) is 14.7. The summed E-state index contributed by atoms with van der Waals surface area (Å²) in [5.41, 5.74) is 6.92. The number of aromatic nitrogens is 2. The van der Waals surface area contributed by atoms with Crippen molar-refractivity contribution in [1.82, 2.24) is 14.9 Å². The van der Waals surface area contributed by atoms with E-state index in [0.717, 1.165) is 29.6 Å². The Labute approximate surface area is 221 Å². The van der Waals surface area contributed by atoms with Gasteiger partial charge in [-0.25, -0.2) is 4.98 Å². The summed E-state index contributed by atoms with van der Waals surface area (Å²) in [6.45, 7) is 12.0. The third-order valence-electron chi connectivity index (χ3n) is 7.44. The zero-order chi connectivity index (χ0) is 25.7. The fraction of sp³-hybridized carbons (Fsp3) is 0.516. The fourth-order valence-corrected chi connectivity index (χ4v) is 5.94. The molecule has 0 radical (unpaired) electrons. The first-order chi connectivity index (χ1) is 17.4. The molecule has 0 saturated carbocycles. The second-order valence-corrected chi connectivity index (χ2v) is 11.8. The number of nitrogens with zero attached hydrogens (tertiary/aromatic N) is 2. The van der Waals surface area contributed by atoms with Gasteiger partial charge < -0.3 is 14.6 Å². The average Bonchev–Trinajstić information content (AvgIpc) is 3.24. The van der Waals surface area contributed by atoms with E-state index < -0.39 is 0 Å². The van der Waals surface area contributed by atoms with E-state index in [2.05, 4.69) is 88.1 Å². The standard InChI is InChI=1S/C31H43N3OS/c1-7-11-23(15-14-21(4)8-2)20-35-31-29-28(26-16-22(5)18-32-30(26)33-29)27(19-34(31)6)24-12-10-13-25(17-24)36-9-3/h10,12-13,16-19,21,23,31H,7-9,11,14-15,20H2,1-6H3,(H,32,33). The van der Waals surface area contributed by atoms with Gasteiger partial charge in [0.1, 0.15) is 5.65 Å². The molecule has 0 fully saturated rings. The lowest BCUT2D eigenvalue weighted by atomic mass is 9.92. The van der Waals surface area contributed by atoms with Crippen LogP contribution in [0.1, 0.15) is 88.4 Å². The van der Waals surface area contributed by atoms with E-state index in [1.165, 1.54) is 64.6 Å².